The van der Waals surface area contributed by atoms with Crippen LogP contribution in [0.4, 0.5) is 4.79 Å². The first-order valence-corrected chi connectivity index (χ1v) is 33.3. The number of aliphatic carboxylic acids is 1. The predicted molar refractivity (Wildman–Crippen MR) is 381 cm³/mol. The highest BCUT2D eigenvalue weighted by Gasteiger charge is 2.42. The summed E-state index contributed by atoms with van der Waals surface area (Å²) >= 11 is 0. The van der Waals surface area contributed by atoms with E-state index in [0.29, 0.717) is 5.56 Å². The monoisotopic (exact) mass is 1320 g/mol. The van der Waals surface area contributed by atoms with Gasteiger partial charge in [0.25, 0.3) is 0 Å². The van der Waals surface area contributed by atoms with E-state index >= 15 is 14.4 Å². The maximum absolute atomic E-state index is 15.4. The number of aromatic nitrogens is 1. The lowest BCUT2D eigenvalue weighted by Gasteiger charge is -2.37. The summed E-state index contributed by atoms with van der Waals surface area (Å²) in [5.41, 5.74) is 6.47. The lowest BCUT2D eigenvalue weighted by molar-refractivity contribution is -0.143. The Kier molecular flexibility index (Phi) is 21.7. The molecule has 1 aliphatic carbocycles. The minimum absolute atomic E-state index is 0.1000. The van der Waals surface area contributed by atoms with Gasteiger partial charge in [0.2, 0.25) is 29.5 Å². The zero-order valence-electron chi connectivity index (χ0n) is 55.7. The zero-order valence-corrected chi connectivity index (χ0v) is 55.7. The van der Waals surface area contributed by atoms with E-state index in [4.69, 9.17) is 9.47 Å². The Bertz CT molecular complexity index is 4200. The highest BCUT2D eigenvalue weighted by Crippen LogP contribution is 2.45. The number of carboxylic acids is 1. The zero-order chi connectivity index (χ0) is 69.5. The fourth-order valence-electron chi connectivity index (χ4n) is 13.5. The van der Waals surface area contributed by atoms with Gasteiger partial charge in [0.15, 0.2) is 0 Å². The van der Waals surface area contributed by atoms with Crippen molar-refractivity contribution in [3.05, 3.63) is 311 Å². The second kappa shape index (κ2) is 31.2. The molecule has 99 heavy (non-hydrogen) atoms. The quantitative estimate of drug-likeness (QED) is 0.0216. The average Bonchev–Trinajstić information content (AvgIpc) is 1.50. The normalized spacial score (nSPS) is 13.6. The molecule has 1 heterocycles. The number of H-pyrrole nitrogens is 1. The van der Waals surface area contributed by atoms with Crippen molar-refractivity contribution in [2.45, 2.75) is 113 Å². The molecule has 1 aliphatic rings. The van der Waals surface area contributed by atoms with Crippen LogP contribution in [-0.4, -0.2) is 94.2 Å². The Hall–Kier alpha value is -11.4. The molecule has 0 fully saturated rings. The van der Waals surface area contributed by atoms with Gasteiger partial charge < -0.3 is 51.5 Å². The highest BCUT2D eigenvalue weighted by molar-refractivity contribution is 5.96. The number of carbonyl (C=O) groups is 7. The second-order valence-electron chi connectivity index (χ2n) is 25.8. The van der Waals surface area contributed by atoms with Crippen molar-refractivity contribution in [3.63, 3.8) is 0 Å². The SMILES string of the molecule is C[C@@H](OC(C)(C)C)[C@H](NC(=O)[C@H](CCC(=O)NC(c1ccccc1)(c1ccccc1)c1ccccc1)NC(=O)OCC1c2ccccc2-c2ccccc21)C(=O)N[C@@H](Cc1c[nH]c2ccccc12)C(=O)N[C@@H](CCC(=O)NC(c1ccccc1)(c1ccccc1)c1ccccc1)C(=O)O. The molecule has 0 bridgehead atoms. The van der Waals surface area contributed by atoms with Gasteiger partial charge in [0.1, 0.15) is 41.9 Å². The van der Waals surface area contributed by atoms with Gasteiger partial charge in [-0.2, -0.15) is 0 Å². The molecule has 0 saturated carbocycles. The molecule has 0 aliphatic heterocycles. The summed E-state index contributed by atoms with van der Waals surface area (Å²) in [6.07, 6.45) is -1.90. The summed E-state index contributed by atoms with van der Waals surface area (Å²) < 4.78 is 12.4. The number of fused-ring (bicyclic) bond motifs is 4. The molecule has 1 aromatic heterocycles. The average molecular weight is 1320 g/mol. The van der Waals surface area contributed by atoms with E-state index < -0.39 is 88.5 Å². The van der Waals surface area contributed by atoms with E-state index in [9.17, 15) is 24.3 Å². The minimum atomic E-state index is -1.64. The van der Waals surface area contributed by atoms with Gasteiger partial charge >= 0.3 is 12.1 Å². The smallest absolute Gasteiger partial charge is 0.407 e. The third-order valence-electron chi connectivity index (χ3n) is 18.1. The topological polar surface area (TPSA) is 246 Å². The second-order valence-corrected chi connectivity index (χ2v) is 25.8. The molecule has 0 radical (unpaired) electrons. The van der Waals surface area contributed by atoms with Gasteiger partial charge in [0, 0.05) is 42.3 Å². The maximum atomic E-state index is 15.4. The summed E-state index contributed by atoms with van der Waals surface area (Å²) in [4.78, 5) is 106. The number of benzene rings is 9. The van der Waals surface area contributed by atoms with Gasteiger partial charge in [-0.25, -0.2) is 9.59 Å². The summed E-state index contributed by atoms with van der Waals surface area (Å²) in [6, 6.07) is 73.7. The fourth-order valence-corrected chi connectivity index (χ4v) is 13.5. The lowest BCUT2D eigenvalue weighted by Crippen LogP contribution is -2.61. The number of ether oxygens (including phenoxy) is 2. The van der Waals surface area contributed by atoms with Gasteiger partial charge in [-0.15, -0.1) is 0 Å². The largest absolute Gasteiger partial charge is 0.480 e. The first-order valence-electron chi connectivity index (χ1n) is 33.3. The molecule has 6 amide bonds. The molecule has 11 rings (SSSR count). The van der Waals surface area contributed by atoms with Crippen molar-refractivity contribution in [3.8, 4) is 11.1 Å². The number of amides is 6. The minimum Gasteiger partial charge on any atom is -0.480 e. The van der Waals surface area contributed by atoms with Gasteiger partial charge in [0.05, 0.1) is 11.7 Å². The van der Waals surface area contributed by atoms with Crippen LogP contribution in [0.5, 0.6) is 0 Å². The van der Waals surface area contributed by atoms with Gasteiger partial charge in [-0.05, 0) is 108 Å². The first-order chi connectivity index (χ1) is 47.9. The number of hydrogen-bond acceptors (Lipinski definition) is 9. The van der Waals surface area contributed by atoms with Crippen LogP contribution in [-0.2, 0) is 55.7 Å². The number of nitrogens with one attached hydrogen (secondary N) is 7. The van der Waals surface area contributed by atoms with Gasteiger partial charge in [-0.1, -0.05) is 249 Å². The van der Waals surface area contributed by atoms with E-state index in [1.807, 2.05) is 255 Å². The molecular weight excluding hydrogens is 1240 g/mol. The van der Waals surface area contributed by atoms with Crippen molar-refractivity contribution in [2.24, 2.45) is 0 Å². The van der Waals surface area contributed by atoms with Crippen LogP contribution in [0, 0.1) is 0 Å². The van der Waals surface area contributed by atoms with E-state index in [2.05, 4.69) is 36.9 Å². The fraction of sp³-hybridized carbons (Fsp3) is 0.232. The number of carboxylic acid groups (broad SMARTS) is 1. The van der Waals surface area contributed by atoms with Crippen LogP contribution in [0.1, 0.15) is 109 Å². The first kappa shape index (κ1) is 68.9. The van der Waals surface area contributed by atoms with E-state index in [1.54, 1.807) is 33.9 Å². The van der Waals surface area contributed by atoms with Crippen molar-refractivity contribution >= 4 is 52.5 Å². The predicted octanol–water partition coefficient (Wildman–Crippen LogP) is 12.1. The molecule has 0 saturated heterocycles. The van der Waals surface area contributed by atoms with Gasteiger partial charge in [-0.3, -0.25) is 24.0 Å². The van der Waals surface area contributed by atoms with E-state index in [1.165, 1.54) is 0 Å². The molecule has 17 nitrogen and oxygen atoms in total. The van der Waals surface area contributed by atoms with E-state index in [-0.39, 0.29) is 44.6 Å². The molecule has 0 unspecified atom stereocenters. The summed E-state index contributed by atoms with van der Waals surface area (Å²) in [7, 11) is 0. The molecule has 9 aromatic carbocycles. The maximum Gasteiger partial charge on any atom is 0.407 e. The molecule has 0 spiro atoms. The summed E-state index contributed by atoms with van der Waals surface area (Å²) in [5.74, 6) is -5.45. The van der Waals surface area contributed by atoms with E-state index in [0.717, 1.165) is 66.5 Å². The molecular formula is C82H81N7O10. The van der Waals surface area contributed by atoms with Crippen LogP contribution in [0.25, 0.3) is 22.0 Å². The standard InChI is InChI=1S/C82H81N7O10/c1-54(99-80(2,3)4)74(77(94)85-71(51-55-52-83-68-46-28-27-41-62(55)68)76(93)84-70(78(95)96)48-50-73(91)89-82(59-35-17-8-18-36-59,60-37-19-9-20-38-60)61-39-21-10-22-40-61)87-75(92)69(86-79(97)98-53-67-65-44-25-23-42-63(65)64-43-24-26-45-66(64)67)47-49-72(90)88-81(56-29-11-5-12-30-56,57-31-13-6-14-32-57)58-33-15-7-16-34-58/h5-46,52,54,67,69-71,74,83H,47-51,53H2,1-4H3,(H,84,93)(H,85,94)(H,86,97)(H,87,92)(H,88,90)(H,89,91)(H,95,96)/t54-,69+,70+,71+,74+/m1/s1. The number of aromatic amines is 1. The van der Waals surface area contributed by atoms with Crippen molar-refractivity contribution in [1.29, 1.82) is 0 Å². The van der Waals surface area contributed by atoms with Crippen LogP contribution >= 0.6 is 0 Å². The van der Waals surface area contributed by atoms with Crippen molar-refractivity contribution in [2.75, 3.05) is 6.61 Å². The van der Waals surface area contributed by atoms with Crippen LogP contribution in [0.3, 0.4) is 0 Å². The third-order valence-corrected chi connectivity index (χ3v) is 18.1. The van der Waals surface area contributed by atoms with Crippen molar-refractivity contribution < 1.29 is 48.1 Å². The lowest BCUT2D eigenvalue weighted by atomic mass is 9.77. The number of para-hydroxylation sites is 1. The summed E-state index contributed by atoms with van der Waals surface area (Å²) in [5, 5.41) is 29.2. The van der Waals surface area contributed by atoms with Crippen LogP contribution < -0.4 is 31.9 Å². The third kappa shape index (κ3) is 16.0. The highest BCUT2D eigenvalue weighted by atomic mass is 16.5. The molecule has 5 atom stereocenters. The molecule has 8 N–H and O–H groups in total. The van der Waals surface area contributed by atoms with Crippen LogP contribution in [0.15, 0.2) is 261 Å². The van der Waals surface area contributed by atoms with Crippen molar-refractivity contribution in [1.82, 2.24) is 36.9 Å². The molecule has 17 heteroatoms. The molecule has 10 aromatic rings. The number of carbonyl (C=O) groups excluding carboxylic acids is 6. The Morgan fingerprint density at radius 2 is 0.838 bits per heavy atom. The Labute approximate surface area is 576 Å². The number of alkyl carbamates (subject to hydrolysis) is 1. The number of rotatable bonds is 28. The number of hydrogen-bond donors (Lipinski definition) is 8. The molecule has 504 valence electrons. The Balaban J connectivity index is 0.873. The Morgan fingerprint density at radius 3 is 1.27 bits per heavy atom. The van der Waals surface area contributed by atoms with Crippen LogP contribution in [0.2, 0.25) is 0 Å². The Morgan fingerprint density at radius 1 is 0.455 bits per heavy atom. The summed E-state index contributed by atoms with van der Waals surface area (Å²) in [6.45, 7) is 6.79.